The molecule has 0 bridgehead atoms. The van der Waals surface area contributed by atoms with Crippen molar-refractivity contribution in [3.63, 3.8) is 0 Å². The predicted octanol–water partition coefficient (Wildman–Crippen LogP) is 4.39. The zero-order valence-corrected chi connectivity index (χ0v) is 13.5. The van der Waals surface area contributed by atoms with Crippen LogP contribution in [0.15, 0.2) is 18.2 Å². The molecule has 0 radical (unpaired) electrons. The van der Waals surface area contributed by atoms with E-state index in [1.165, 1.54) is 37.8 Å². The molecule has 0 aliphatic carbocycles. The number of anilines is 1. The molecular weight excluding hydrogens is 268 g/mol. The Morgan fingerprint density at radius 2 is 2.15 bits per heavy atom. The van der Waals surface area contributed by atoms with Gasteiger partial charge < -0.3 is 10.6 Å². The average Bonchev–Trinajstić information content (AvgIpc) is 2.65. The third-order valence-electron chi connectivity index (χ3n) is 4.26. The van der Waals surface area contributed by atoms with Crippen LogP contribution in [0.2, 0.25) is 5.02 Å². The highest BCUT2D eigenvalue weighted by molar-refractivity contribution is 6.31. The van der Waals surface area contributed by atoms with Crippen molar-refractivity contribution in [2.24, 2.45) is 5.73 Å². The lowest BCUT2D eigenvalue weighted by Crippen LogP contribution is -2.34. The zero-order chi connectivity index (χ0) is 14.5. The summed E-state index contributed by atoms with van der Waals surface area (Å²) in [4.78, 5) is 2.55. The standard InChI is InChI=1S/C17H27ClN2/c1-3-15-7-5-4-6-10-20(15)16-9-8-14(11-13(2)19)17(18)12-16/h8-9,12-13,15H,3-7,10-11,19H2,1-2H3. The van der Waals surface area contributed by atoms with Crippen molar-refractivity contribution < 1.29 is 0 Å². The highest BCUT2D eigenvalue weighted by atomic mass is 35.5. The van der Waals surface area contributed by atoms with Crippen LogP contribution in [0.4, 0.5) is 5.69 Å². The van der Waals surface area contributed by atoms with Crippen LogP contribution in [-0.4, -0.2) is 18.6 Å². The number of hydrogen-bond donors (Lipinski definition) is 1. The highest BCUT2D eigenvalue weighted by Gasteiger charge is 2.20. The summed E-state index contributed by atoms with van der Waals surface area (Å²) in [5.74, 6) is 0. The molecule has 2 nitrogen and oxygen atoms in total. The van der Waals surface area contributed by atoms with Crippen molar-refractivity contribution in [2.75, 3.05) is 11.4 Å². The van der Waals surface area contributed by atoms with Crippen molar-refractivity contribution in [2.45, 2.75) is 64.5 Å². The molecule has 3 heteroatoms. The lowest BCUT2D eigenvalue weighted by Gasteiger charge is -2.32. The number of rotatable bonds is 4. The van der Waals surface area contributed by atoms with Crippen LogP contribution in [0.5, 0.6) is 0 Å². The minimum Gasteiger partial charge on any atom is -0.369 e. The van der Waals surface area contributed by atoms with Crippen molar-refractivity contribution in [3.8, 4) is 0 Å². The Morgan fingerprint density at radius 1 is 1.35 bits per heavy atom. The summed E-state index contributed by atoms with van der Waals surface area (Å²) in [6.45, 7) is 5.46. The van der Waals surface area contributed by atoms with E-state index in [0.29, 0.717) is 6.04 Å². The smallest absolute Gasteiger partial charge is 0.0459 e. The molecular formula is C17H27ClN2. The lowest BCUT2D eigenvalue weighted by atomic mass is 10.0. The van der Waals surface area contributed by atoms with Gasteiger partial charge in [0.2, 0.25) is 0 Å². The van der Waals surface area contributed by atoms with Crippen molar-refractivity contribution >= 4 is 17.3 Å². The number of nitrogens with two attached hydrogens (primary N) is 1. The number of hydrogen-bond acceptors (Lipinski definition) is 2. The van der Waals surface area contributed by atoms with Crippen molar-refractivity contribution in [3.05, 3.63) is 28.8 Å². The second-order valence-corrected chi connectivity index (χ2v) is 6.47. The summed E-state index contributed by atoms with van der Waals surface area (Å²) in [6.07, 6.45) is 7.34. The SMILES string of the molecule is CCC1CCCCCN1c1ccc(CC(C)N)c(Cl)c1. The summed E-state index contributed by atoms with van der Waals surface area (Å²) in [7, 11) is 0. The third kappa shape index (κ3) is 3.89. The van der Waals surface area contributed by atoms with E-state index >= 15 is 0 Å². The van der Waals surface area contributed by atoms with E-state index in [-0.39, 0.29) is 6.04 Å². The van der Waals surface area contributed by atoms with Crippen LogP contribution in [0.25, 0.3) is 0 Å². The van der Waals surface area contributed by atoms with Gasteiger partial charge in [-0.1, -0.05) is 37.4 Å². The van der Waals surface area contributed by atoms with E-state index < -0.39 is 0 Å². The number of benzene rings is 1. The Morgan fingerprint density at radius 3 is 2.80 bits per heavy atom. The van der Waals surface area contributed by atoms with Gasteiger partial charge in [0.15, 0.2) is 0 Å². The van der Waals surface area contributed by atoms with E-state index in [1.54, 1.807) is 0 Å². The third-order valence-corrected chi connectivity index (χ3v) is 4.61. The van der Waals surface area contributed by atoms with E-state index in [4.69, 9.17) is 17.3 Å². The summed E-state index contributed by atoms with van der Waals surface area (Å²) >= 11 is 6.44. The summed E-state index contributed by atoms with van der Waals surface area (Å²) in [5.41, 5.74) is 8.30. The Labute approximate surface area is 128 Å². The first-order valence-electron chi connectivity index (χ1n) is 7.92. The normalized spacial score (nSPS) is 21.6. The molecule has 1 aliphatic rings. The van der Waals surface area contributed by atoms with E-state index in [9.17, 15) is 0 Å². The van der Waals surface area contributed by atoms with Crippen molar-refractivity contribution in [1.29, 1.82) is 0 Å². The van der Waals surface area contributed by atoms with Crippen LogP contribution in [0, 0.1) is 0 Å². The van der Waals surface area contributed by atoms with Crippen LogP contribution in [-0.2, 0) is 6.42 Å². The van der Waals surface area contributed by atoms with Gasteiger partial charge in [0.05, 0.1) is 0 Å². The Hall–Kier alpha value is -0.730. The monoisotopic (exact) mass is 294 g/mol. The van der Waals surface area contributed by atoms with Gasteiger partial charge in [-0.3, -0.25) is 0 Å². The largest absolute Gasteiger partial charge is 0.369 e. The average molecular weight is 295 g/mol. The first kappa shape index (κ1) is 15.7. The van der Waals surface area contributed by atoms with Gasteiger partial charge in [-0.2, -0.15) is 0 Å². The summed E-state index contributed by atoms with van der Waals surface area (Å²) < 4.78 is 0. The molecule has 2 unspecified atom stereocenters. The molecule has 2 rings (SSSR count). The summed E-state index contributed by atoms with van der Waals surface area (Å²) in [5, 5.41) is 0.860. The van der Waals surface area contributed by atoms with E-state index in [1.807, 2.05) is 6.92 Å². The van der Waals surface area contributed by atoms with E-state index in [2.05, 4.69) is 30.0 Å². The maximum atomic E-state index is 6.44. The van der Waals surface area contributed by atoms with Crippen LogP contribution in [0.1, 0.15) is 51.5 Å². The fourth-order valence-corrected chi connectivity index (χ4v) is 3.42. The summed E-state index contributed by atoms with van der Waals surface area (Å²) in [6, 6.07) is 7.32. The fourth-order valence-electron chi connectivity index (χ4n) is 3.17. The second kappa shape index (κ2) is 7.33. The van der Waals surface area contributed by atoms with E-state index in [0.717, 1.165) is 23.6 Å². The van der Waals surface area contributed by atoms with Crippen molar-refractivity contribution in [1.82, 2.24) is 0 Å². The molecule has 0 amide bonds. The van der Waals surface area contributed by atoms with Crippen LogP contribution in [0.3, 0.4) is 0 Å². The Bertz CT molecular complexity index is 431. The molecule has 2 atom stereocenters. The molecule has 112 valence electrons. The first-order chi connectivity index (χ1) is 9.61. The quantitative estimate of drug-likeness (QED) is 0.892. The number of nitrogens with zero attached hydrogens (tertiary/aromatic N) is 1. The molecule has 1 saturated heterocycles. The molecule has 20 heavy (non-hydrogen) atoms. The van der Waals surface area contributed by atoms with Gasteiger partial charge >= 0.3 is 0 Å². The second-order valence-electron chi connectivity index (χ2n) is 6.06. The molecule has 0 aromatic heterocycles. The van der Waals surface area contributed by atoms with Crippen LogP contribution >= 0.6 is 11.6 Å². The maximum Gasteiger partial charge on any atom is 0.0459 e. The minimum absolute atomic E-state index is 0.153. The van der Waals surface area contributed by atoms with Gasteiger partial charge in [0.1, 0.15) is 0 Å². The topological polar surface area (TPSA) is 29.3 Å². The molecule has 1 aromatic rings. The predicted molar refractivity (Wildman–Crippen MR) is 88.7 cm³/mol. The molecule has 1 aliphatic heterocycles. The first-order valence-corrected chi connectivity index (χ1v) is 8.30. The van der Waals surface area contributed by atoms with Gasteiger partial charge in [-0.25, -0.2) is 0 Å². The zero-order valence-electron chi connectivity index (χ0n) is 12.7. The maximum absolute atomic E-state index is 6.44. The molecule has 1 heterocycles. The van der Waals surface area contributed by atoms with Crippen LogP contribution < -0.4 is 10.6 Å². The molecule has 1 fully saturated rings. The molecule has 2 N–H and O–H groups in total. The minimum atomic E-state index is 0.153. The van der Waals surface area contributed by atoms with Gasteiger partial charge in [-0.15, -0.1) is 0 Å². The van der Waals surface area contributed by atoms with Gasteiger partial charge in [0.25, 0.3) is 0 Å². The molecule has 0 spiro atoms. The fraction of sp³-hybridized carbons (Fsp3) is 0.647. The number of halogens is 1. The lowest BCUT2D eigenvalue weighted by molar-refractivity contribution is 0.556. The van der Waals surface area contributed by atoms with Gasteiger partial charge in [0, 0.05) is 29.3 Å². The Kier molecular flexibility index (Phi) is 5.74. The van der Waals surface area contributed by atoms with Gasteiger partial charge in [-0.05, 0) is 50.3 Å². The molecule has 0 saturated carbocycles. The highest BCUT2D eigenvalue weighted by Crippen LogP contribution is 2.29. The Balaban J connectivity index is 2.20. The molecule has 1 aromatic carbocycles.